The van der Waals surface area contributed by atoms with Crippen LogP contribution in [0.2, 0.25) is 0 Å². The molecule has 0 spiro atoms. The summed E-state index contributed by atoms with van der Waals surface area (Å²) in [6.07, 6.45) is 0.419. The van der Waals surface area contributed by atoms with Crippen molar-refractivity contribution in [1.29, 1.82) is 0 Å². The van der Waals surface area contributed by atoms with Gasteiger partial charge in [0.1, 0.15) is 17.4 Å². The Morgan fingerprint density at radius 1 is 1.06 bits per heavy atom. The van der Waals surface area contributed by atoms with Crippen molar-refractivity contribution in [3.05, 3.63) is 65.2 Å². The van der Waals surface area contributed by atoms with Crippen molar-refractivity contribution in [1.82, 2.24) is 0 Å². The van der Waals surface area contributed by atoms with Crippen LogP contribution in [0.25, 0.3) is 0 Å². The maximum absolute atomic E-state index is 13.5. The molecule has 2 aromatic rings. The van der Waals surface area contributed by atoms with E-state index in [0.29, 0.717) is 6.42 Å². The van der Waals surface area contributed by atoms with Crippen LogP contribution in [0.5, 0.6) is 5.75 Å². The van der Waals surface area contributed by atoms with Gasteiger partial charge >= 0.3 is 0 Å². The molecule has 2 nitrogen and oxygen atoms in total. The molecule has 2 rings (SSSR count). The quantitative estimate of drug-likeness (QED) is 0.878. The van der Waals surface area contributed by atoms with Crippen LogP contribution < -0.4 is 5.73 Å². The Labute approximate surface area is 104 Å². The zero-order chi connectivity index (χ0) is 13.1. The molecule has 0 amide bonds. The molecule has 0 aliphatic heterocycles. The zero-order valence-corrected chi connectivity index (χ0v) is 9.61. The predicted octanol–water partition coefficient (Wildman–Crippen LogP) is 2.91. The van der Waals surface area contributed by atoms with E-state index in [4.69, 9.17) is 10.8 Å². The highest BCUT2D eigenvalue weighted by atomic mass is 19.1. The van der Waals surface area contributed by atoms with E-state index in [1.165, 1.54) is 12.1 Å². The molecular weight excluding hydrogens is 236 g/mol. The van der Waals surface area contributed by atoms with Crippen LogP contribution in [0.4, 0.5) is 8.78 Å². The van der Waals surface area contributed by atoms with Crippen LogP contribution in [0.3, 0.4) is 0 Å². The lowest BCUT2D eigenvalue weighted by Crippen LogP contribution is -2.15. The summed E-state index contributed by atoms with van der Waals surface area (Å²) in [5.41, 5.74) is 7.05. The number of halogens is 2. The standard InChI is InChI=1S/C14H13F2NO/c15-10-3-6-12(13(16)8-10)14(17)7-9-1-4-11(18)5-2-9/h1-6,8,14,18H,7,17H2. The first-order valence-electron chi connectivity index (χ1n) is 5.54. The van der Waals surface area contributed by atoms with Crippen LogP contribution in [-0.2, 0) is 6.42 Å². The van der Waals surface area contributed by atoms with Crippen LogP contribution in [0, 0.1) is 11.6 Å². The van der Waals surface area contributed by atoms with Gasteiger partial charge < -0.3 is 10.8 Å². The average molecular weight is 249 g/mol. The molecule has 0 saturated carbocycles. The molecule has 0 heterocycles. The maximum Gasteiger partial charge on any atom is 0.130 e. The second-order valence-corrected chi connectivity index (χ2v) is 4.14. The summed E-state index contributed by atoms with van der Waals surface area (Å²) < 4.78 is 26.3. The summed E-state index contributed by atoms with van der Waals surface area (Å²) in [7, 11) is 0. The lowest BCUT2D eigenvalue weighted by Gasteiger charge is -2.13. The Kier molecular flexibility index (Phi) is 3.58. The molecule has 0 fully saturated rings. The maximum atomic E-state index is 13.5. The molecule has 0 aliphatic carbocycles. The molecule has 18 heavy (non-hydrogen) atoms. The Morgan fingerprint density at radius 3 is 2.33 bits per heavy atom. The average Bonchev–Trinajstić information content (AvgIpc) is 2.32. The minimum atomic E-state index is -0.638. The van der Waals surface area contributed by atoms with E-state index in [1.807, 2.05) is 0 Å². The van der Waals surface area contributed by atoms with Crippen LogP contribution >= 0.6 is 0 Å². The van der Waals surface area contributed by atoms with Crippen LogP contribution in [0.15, 0.2) is 42.5 Å². The summed E-state index contributed by atoms with van der Waals surface area (Å²) in [5, 5.41) is 9.15. The van der Waals surface area contributed by atoms with Crippen LogP contribution in [0.1, 0.15) is 17.2 Å². The molecule has 3 N–H and O–H groups in total. The van der Waals surface area contributed by atoms with Gasteiger partial charge in [-0.3, -0.25) is 0 Å². The van der Waals surface area contributed by atoms with Crippen molar-refractivity contribution in [3.8, 4) is 5.75 Å². The molecule has 1 atom stereocenters. The highest BCUT2D eigenvalue weighted by Crippen LogP contribution is 2.21. The zero-order valence-electron chi connectivity index (χ0n) is 9.61. The SMILES string of the molecule is NC(Cc1ccc(O)cc1)c1ccc(F)cc1F. The van der Waals surface area contributed by atoms with Crippen LogP contribution in [-0.4, -0.2) is 5.11 Å². The highest BCUT2D eigenvalue weighted by Gasteiger charge is 2.12. The number of hydrogen-bond donors (Lipinski definition) is 2. The second-order valence-electron chi connectivity index (χ2n) is 4.14. The monoisotopic (exact) mass is 249 g/mol. The van der Waals surface area contributed by atoms with Gasteiger partial charge in [-0.1, -0.05) is 18.2 Å². The summed E-state index contributed by atoms with van der Waals surface area (Å²) in [6, 6.07) is 9.35. The van der Waals surface area contributed by atoms with E-state index in [-0.39, 0.29) is 11.3 Å². The third-order valence-electron chi connectivity index (χ3n) is 2.75. The van der Waals surface area contributed by atoms with Gasteiger partial charge in [0.25, 0.3) is 0 Å². The lowest BCUT2D eigenvalue weighted by molar-refractivity contribution is 0.475. The van der Waals surface area contributed by atoms with Gasteiger partial charge in [0.05, 0.1) is 0 Å². The fourth-order valence-corrected chi connectivity index (χ4v) is 1.80. The first-order chi connectivity index (χ1) is 8.56. The van der Waals surface area contributed by atoms with Crippen molar-refractivity contribution < 1.29 is 13.9 Å². The predicted molar refractivity (Wildman–Crippen MR) is 65.1 cm³/mol. The molecule has 0 bridgehead atoms. The number of nitrogens with two attached hydrogens (primary N) is 1. The molecule has 0 saturated heterocycles. The molecule has 0 aliphatic rings. The van der Waals surface area contributed by atoms with E-state index in [9.17, 15) is 8.78 Å². The smallest absolute Gasteiger partial charge is 0.130 e. The number of aromatic hydroxyl groups is 1. The van der Waals surface area contributed by atoms with Crippen molar-refractivity contribution in [2.45, 2.75) is 12.5 Å². The summed E-state index contributed by atoms with van der Waals surface area (Å²) in [4.78, 5) is 0. The van der Waals surface area contributed by atoms with Crippen molar-refractivity contribution in [2.75, 3.05) is 0 Å². The molecular formula is C14H13F2NO. The molecule has 1 unspecified atom stereocenters. The third-order valence-corrected chi connectivity index (χ3v) is 2.75. The lowest BCUT2D eigenvalue weighted by atomic mass is 9.99. The summed E-state index contributed by atoms with van der Waals surface area (Å²) in [5.74, 6) is -1.09. The van der Waals surface area contributed by atoms with E-state index >= 15 is 0 Å². The fraction of sp³-hybridized carbons (Fsp3) is 0.143. The van der Waals surface area contributed by atoms with Gasteiger partial charge in [-0.25, -0.2) is 8.78 Å². The van der Waals surface area contributed by atoms with Crippen molar-refractivity contribution >= 4 is 0 Å². The highest BCUT2D eigenvalue weighted by molar-refractivity contribution is 5.29. The third kappa shape index (κ3) is 2.84. The number of hydrogen-bond acceptors (Lipinski definition) is 2. The minimum absolute atomic E-state index is 0.167. The molecule has 0 aromatic heterocycles. The Morgan fingerprint density at radius 2 is 1.72 bits per heavy atom. The number of phenols is 1. The number of benzene rings is 2. The molecule has 94 valence electrons. The first kappa shape index (κ1) is 12.5. The first-order valence-corrected chi connectivity index (χ1v) is 5.54. The Balaban J connectivity index is 2.16. The minimum Gasteiger partial charge on any atom is -0.508 e. The van der Waals surface area contributed by atoms with Gasteiger partial charge in [0, 0.05) is 17.7 Å². The van der Waals surface area contributed by atoms with Gasteiger partial charge in [-0.15, -0.1) is 0 Å². The van der Waals surface area contributed by atoms with E-state index in [2.05, 4.69) is 0 Å². The van der Waals surface area contributed by atoms with Crippen molar-refractivity contribution in [3.63, 3.8) is 0 Å². The molecule has 4 heteroatoms. The summed E-state index contributed by atoms with van der Waals surface area (Å²) >= 11 is 0. The van der Waals surface area contributed by atoms with E-state index < -0.39 is 17.7 Å². The Hall–Kier alpha value is -1.94. The largest absolute Gasteiger partial charge is 0.508 e. The Bertz CT molecular complexity index is 540. The van der Waals surface area contributed by atoms with Gasteiger partial charge in [-0.05, 0) is 30.2 Å². The van der Waals surface area contributed by atoms with Gasteiger partial charge in [0.2, 0.25) is 0 Å². The van der Waals surface area contributed by atoms with Gasteiger partial charge in [0.15, 0.2) is 0 Å². The van der Waals surface area contributed by atoms with Gasteiger partial charge in [-0.2, -0.15) is 0 Å². The topological polar surface area (TPSA) is 46.2 Å². The molecule has 2 aromatic carbocycles. The fourth-order valence-electron chi connectivity index (χ4n) is 1.80. The van der Waals surface area contributed by atoms with Crippen molar-refractivity contribution in [2.24, 2.45) is 5.73 Å². The molecule has 0 radical (unpaired) electrons. The summed E-state index contributed by atoms with van der Waals surface area (Å²) in [6.45, 7) is 0. The number of rotatable bonds is 3. The van der Waals surface area contributed by atoms with E-state index in [1.54, 1.807) is 24.3 Å². The normalized spacial score (nSPS) is 12.4. The van der Waals surface area contributed by atoms with E-state index in [0.717, 1.165) is 11.6 Å². The second kappa shape index (κ2) is 5.14. The number of phenolic OH excluding ortho intramolecular Hbond substituents is 1.